The molecule has 1 atom stereocenters. The number of hydrogen-bond acceptors (Lipinski definition) is 3. The number of rotatable bonds is 9. The van der Waals surface area contributed by atoms with E-state index in [4.69, 9.17) is 16.7 Å². The van der Waals surface area contributed by atoms with Gasteiger partial charge in [0.2, 0.25) is 0 Å². The van der Waals surface area contributed by atoms with Gasteiger partial charge in [-0.1, -0.05) is 17.7 Å². The topological polar surface area (TPSA) is 74.7 Å². The lowest BCUT2D eigenvalue weighted by molar-refractivity contribution is -0.137. The van der Waals surface area contributed by atoms with Crippen molar-refractivity contribution in [3.8, 4) is 0 Å². The summed E-state index contributed by atoms with van der Waals surface area (Å²) in [4.78, 5) is 10.7. The van der Waals surface area contributed by atoms with Crippen LogP contribution in [0.25, 0.3) is 0 Å². The molecule has 0 bridgehead atoms. The Balaban J connectivity index is 2.17. The van der Waals surface area contributed by atoms with Crippen LogP contribution in [0.3, 0.4) is 0 Å². The van der Waals surface area contributed by atoms with Gasteiger partial charge in [0.25, 0.3) is 10.0 Å². The summed E-state index contributed by atoms with van der Waals surface area (Å²) in [5, 5.41) is 9.21. The molecule has 0 aromatic heterocycles. The predicted octanol–water partition coefficient (Wildman–Crippen LogP) is 6.12. The van der Waals surface area contributed by atoms with Crippen molar-refractivity contribution in [3.63, 3.8) is 0 Å². The molecule has 1 unspecified atom stereocenters. The molecule has 0 aliphatic rings. The molecule has 3 rings (SSSR count). The van der Waals surface area contributed by atoms with Crippen LogP contribution in [0, 0.1) is 17.5 Å². The van der Waals surface area contributed by atoms with Crippen LogP contribution in [0.5, 0.6) is 0 Å². The van der Waals surface area contributed by atoms with Crippen molar-refractivity contribution >= 4 is 33.3 Å². The van der Waals surface area contributed by atoms with E-state index in [2.05, 4.69) is 0 Å². The summed E-state index contributed by atoms with van der Waals surface area (Å²) >= 11 is 5.87. The van der Waals surface area contributed by atoms with Crippen LogP contribution in [-0.4, -0.2) is 19.5 Å². The first kappa shape index (κ1) is 25.6. The van der Waals surface area contributed by atoms with Gasteiger partial charge in [0.05, 0.1) is 16.6 Å². The highest BCUT2D eigenvalue weighted by molar-refractivity contribution is 7.92. The van der Waals surface area contributed by atoms with E-state index < -0.39 is 45.2 Å². The van der Waals surface area contributed by atoms with E-state index >= 15 is 0 Å². The largest absolute Gasteiger partial charge is 0.481 e. The summed E-state index contributed by atoms with van der Waals surface area (Å²) in [5.41, 5.74) is 0.165. The van der Waals surface area contributed by atoms with E-state index in [0.717, 1.165) is 28.6 Å². The standard InChI is InChI=1S/C24H21ClF3NO4S/c1-15(21-11-7-18(26)13-16(21)3-2-4-24(30)31)29(23-14-19(27)8-12-22(23)28)34(32,33)20-9-5-17(25)6-10-20/h5-15H,2-4H2,1H3,(H,30,31). The zero-order valence-electron chi connectivity index (χ0n) is 18.0. The van der Waals surface area contributed by atoms with Crippen LogP contribution in [0.15, 0.2) is 65.6 Å². The quantitative estimate of drug-likeness (QED) is 0.375. The van der Waals surface area contributed by atoms with Crippen molar-refractivity contribution in [1.82, 2.24) is 0 Å². The number of aryl methyl sites for hydroxylation is 1. The van der Waals surface area contributed by atoms with Crippen LogP contribution < -0.4 is 4.31 Å². The fourth-order valence-corrected chi connectivity index (χ4v) is 5.44. The highest BCUT2D eigenvalue weighted by Gasteiger charge is 2.33. The predicted molar refractivity (Wildman–Crippen MR) is 123 cm³/mol. The van der Waals surface area contributed by atoms with Crippen molar-refractivity contribution in [1.29, 1.82) is 0 Å². The van der Waals surface area contributed by atoms with Gasteiger partial charge in [0.1, 0.15) is 17.5 Å². The van der Waals surface area contributed by atoms with Crippen LogP contribution in [-0.2, 0) is 21.2 Å². The molecule has 0 amide bonds. The minimum atomic E-state index is -4.44. The third kappa shape index (κ3) is 5.71. The van der Waals surface area contributed by atoms with Gasteiger partial charge in [0.15, 0.2) is 0 Å². The maximum atomic E-state index is 14.8. The summed E-state index contributed by atoms with van der Waals surface area (Å²) in [5.74, 6) is -3.44. The first-order valence-corrected chi connectivity index (χ1v) is 12.1. The van der Waals surface area contributed by atoms with Crippen molar-refractivity contribution in [2.75, 3.05) is 4.31 Å². The number of nitrogens with zero attached hydrogens (tertiary/aromatic N) is 1. The lowest BCUT2D eigenvalue weighted by Crippen LogP contribution is -2.35. The van der Waals surface area contributed by atoms with Gasteiger partial charge in [0, 0.05) is 17.5 Å². The van der Waals surface area contributed by atoms with Crippen LogP contribution in [0.2, 0.25) is 5.02 Å². The number of sulfonamides is 1. The molecule has 1 N–H and O–H groups in total. The fourth-order valence-electron chi connectivity index (χ4n) is 3.68. The summed E-state index contributed by atoms with van der Waals surface area (Å²) in [6.07, 6.45) is 0.149. The molecule has 0 aliphatic carbocycles. The third-order valence-corrected chi connectivity index (χ3v) is 7.41. The Morgan fingerprint density at radius 1 is 1.00 bits per heavy atom. The maximum absolute atomic E-state index is 14.8. The van der Waals surface area contributed by atoms with Gasteiger partial charge in [-0.3, -0.25) is 9.10 Å². The molecule has 0 aliphatic heterocycles. The zero-order valence-corrected chi connectivity index (χ0v) is 19.6. The smallest absolute Gasteiger partial charge is 0.303 e. The van der Waals surface area contributed by atoms with Crippen molar-refractivity contribution in [2.24, 2.45) is 0 Å². The maximum Gasteiger partial charge on any atom is 0.303 e. The number of carbonyl (C=O) groups is 1. The first-order valence-electron chi connectivity index (χ1n) is 10.3. The van der Waals surface area contributed by atoms with Gasteiger partial charge >= 0.3 is 5.97 Å². The van der Waals surface area contributed by atoms with Gasteiger partial charge in [-0.25, -0.2) is 21.6 Å². The third-order valence-electron chi connectivity index (χ3n) is 5.26. The first-order chi connectivity index (χ1) is 16.0. The molecule has 0 radical (unpaired) electrons. The van der Waals surface area contributed by atoms with E-state index in [-0.39, 0.29) is 29.2 Å². The number of aliphatic carboxylic acids is 1. The molecule has 0 saturated heterocycles. The Morgan fingerprint density at radius 3 is 2.26 bits per heavy atom. The molecular formula is C24H21ClF3NO4S. The average molecular weight is 512 g/mol. The zero-order chi connectivity index (χ0) is 25.0. The second-order valence-electron chi connectivity index (χ2n) is 7.62. The summed E-state index contributed by atoms with van der Waals surface area (Å²) in [6, 6.07) is 10.2. The monoisotopic (exact) mass is 511 g/mol. The minimum absolute atomic E-state index is 0.143. The Morgan fingerprint density at radius 2 is 1.62 bits per heavy atom. The molecule has 180 valence electrons. The van der Waals surface area contributed by atoms with Gasteiger partial charge in [-0.05, 0) is 79.4 Å². The molecule has 0 spiro atoms. The number of carboxylic acids is 1. The Hall–Kier alpha value is -3.04. The molecular weight excluding hydrogens is 491 g/mol. The SMILES string of the molecule is CC(c1ccc(F)cc1CCCC(=O)O)N(c1cc(F)ccc1F)S(=O)(=O)c1ccc(Cl)cc1. The molecule has 0 heterocycles. The van der Waals surface area contributed by atoms with Gasteiger partial charge in [-0.15, -0.1) is 0 Å². The number of benzene rings is 3. The molecule has 0 saturated carbocycles. The van der Waals surface area contributed by atoms with E-state index in [1.54, 1.807) is 0 Å². The summed E-state index contributed by atoms with van der Waals surface area (Å²) in [6.45, 7) is 1.46. The molecule has 3 aromatic carbocycles. The van der Waals surface area contributed by atoms with E-state index in [1.165, 1.54) is 43.3 Å². The number of halogens is 4. The second kappa shape index (κ2) is 10.5. The van der Waals surface area contributed by atoms with Crippen molar-refractivity contribution < 1.29 is 31.5 Å². The van der Waals surface area contributed by atoms with Gasteiger partial charge in [-0.2, -0.15) is 0 Å². The summed E-state index contributed by atoms with van der Waals surface area (Å²) < 4.78 is 71.0. The number of anilines is 1. The second-order valence-corrected chi connectivity index (χ2v) is 9.87. The Bertz CT molecular complexity index is 1300. The fraction of sp³-hybridized carbons (Fsp3) is 0.208. The highest BCUT2D eigenvalue weighted by Crippen LogP contribution is 2.37. The van der Waals surface area contributed by atoms with Crippen LogP contribution in [0.4, 0.5) is 18.9 Å². The lowest BCUT2D eigenvalue weighted by Gasteiger charge is -2.32. The molecule has 3 aromatic rings. The summed E-state index contributed by atoms with van der Waals surface area (Å²) in [7, 11) is -4.44. The number of hydrogen-bond donors (Lipinski definition) is 1. The van der Waals surface area contributed by atoms with Gasteiger partial charge < -0.3 is 5.11 Å². The molecule has 0 fully saturated rings. The average Bonchev–Trinajstić information content (AvgIpc) is 2.76. The highest BCUT2D eigenvalue weighted by atomic mass is 35.5. The minimum Gasteiger partial charge on any atom is -0.481 e. The van der Waals surface area contributed by atoms with Crippen LogP contribution >= 0.6 is 11.6 Å². The van der Waals surface area contributed by atoms with Crippen molar-refractivity contribution in [3.05, 3.63) is 94.3 Å². The van der Waals surface area contributed by atoms with E-state index in [9.17, 15) is 26.4 Å². The van der Waals surface area contributed by atoms with E-state index in [0.29, 0.717) is 11.1 Å². The molecule has 5 nitrogen and oxygen atoms in total. The lowest BCUT2D eigenvalue weighted by atomic mass is 9.96. The van der Waals surface area contributed by atoms with E-state index in [1.807, 2.05) is 0 Å². The normalized spacial score (nSPS) is 12.4. The Labute approximate surface area is 200 Å². The number of carboxylic acid groups (broad SMARTS) is 1. The van der Waals surface area contributed by atoms with Crippen molar-refractivity contribution in [2.45, 2.75) is 37.1 Å². The Kier molecular flexibility index (Phi) is 7.89. The van der Waals surface area contributed by atoms with Crippen LogP contribution in [0.1, 0.15) is 36.9 Å². The molecule has 10 heteroatoms. The molecule has 34 heavy (non-hydrogen) atoms.